The summed E-state index contributed by atoms with van der Waals surface area (Å²) in [6.45, 7) is 4.63. The molecule has 0 fully saturated rings. The molecule has 1 aromatic carbocycles. The molecule has 3 rings (SSSR count). The van der Waals surface area contributed by atoms with E-state index in [1.165, 1.54) is 0 Å². The molecule has 2 N–H and O–H groups in total. The summed E-state index contributed by atoms with van der Waals surface area (Å²) in [5, 5.41) is 0. The fourth-order valence-corrected chi connectivity index (χ4v) is 3.51. The molecule has 0 atom stereocenters. The Morgan fingerprint density at radius 1 is 1.23 bits per heavy atom. The van der Waals surface area contributed by atoms with Crippen molar-refractivity contribution in [3.8, 4) is 16.9 Å². The number of amides is 1. The number of methoxy groups -OCH3 is 1. The number of benzene rings is 1. The van der Waals surface area contributed by atoms with Crippen LogP contribution in [0, 0.1) is 6.92 Å². The number of rotatable bonds is 6. The van der Waals surface area contributed by atoms with E-state index >= 15 is 0 Å². The largest absolute Gasteiger partial charge is 0.496 e. The van der Waals surface area contributed by atoms with Gasteiger partial charge in [-0.3, -0.25) is 9.78 Å². The lowest BCUT2D eigenvalue weighted by atomic mass is 10.0. The van der Waals surface area contributed by atoms with Gasteiger partial charge in [-0.1, -0.05) is 31.2 Å². The van der Waals surface area contributed by atoms with Crippen LogP contribution in [0.4, 0.5) is 0 Å². The maximum absolute atomic E-state index is 12.2. The normalized spacial score (nSPS) is 10.7. The molecule has 0 radical (unpaired) electrons. The number of carbonyl (C=O) groups excluding carboxylic acids is 1. The van der Waals surface area contributed by atoms with E-state index in [9.17, 15) is 4.79 Å². The molecule has 0 aliphatic carbocycles. The first-order valence-electron chi connectivity index (χ1n) is 8.62. The van der Waals surface area contributed by atoms with Gasteiger partial charge in [0, 0.05) is 40.5 Å². The van der Waals surface area contributed by atoms with E-state index in [0.29, 0.717) is 12.1 Å². The van der Waals surface area contributed by atoms with Crippen molar-refractivity contribution >= 4 is 5.91 Å². The summed E-state index contributed by atoms with van der Waals surface area (Å²) in [6.07, 6.45) is 4.26. The lowest BCUT2D eigenvalue weighted by Gasteiger charge is -2.14. The molecule has 0 spiro atoms. The molecule has 1 amide bonds. The molecule has 0 aliphatic rings. The third-order valence-electron chi connectivity index (χ3n) is 4.68. The number of ether oxygens (including phenoxy) is 1. The average Bonchev–Trinajstić information content (AvgIpc) is 2.95. The molecule has 0 saturated heterocycles. The summed E-state index contributed by atoms with van der Waals surface area (Å²) in [6, 6.07) is 11.7. The Bertz CT molecular complexity index is 930. The van der Waals surface area contributed by atoms with Gasteiger partial charge in [-0.25, -0.2) is 0 Å². The van der Waals surface area contributed by atoms with Crippen molar-refractivity contribution in [2.24, 2.45) is 5.73 Å². The molecule has 26 heavy (non-hydrogen) atoms. The predicted octanol–water partition coefficient (Wildman–Crippen LogP) is 3.58. The Morgan fingerprint density at radius 2 is 2.00 bits per heavy atom. The van der Waals surface area contributed by atoms with Gasteiger partial charge < -0.3 is 15.0 Å². The van der Waals surface area contributed by atoms with Gasteiger partial charge >= 0.3 is 0 Å². The zero-order chi connectivity index (χ0) is 18.7. The molecule has 0 bridgehead atoms. The van der Waals surface area contributed by atoms with Crippen molar-refractivity contribution < 1.29 is 9.53 Å². The van der Waals surface area contributed by atoms with Crippen LogP contribution in [0.25, 0.3) is 11.1 Å². The van der Waals surface area contributed by atoms with Gasteiger partial charge in [0.2, 0.25) is 0 Å². The molecule has 2 aromatic heterocycles. The lowest BCUT2D eigenvalue weighted by molar-refractivity contribution is 0.1000. The standard InChI is InChI=1S/C21H23N3O2/c1-4-17-20(15-9-7-11-23-12-15)19(21(22)25)14(2)24(17)13-16-8-5-6-10-18(16)26-3/h5-12H,4,13H2,1-3H3,(H2,22,25). The van der Waals surface area contributed by atoms with Gasteiger partial charge in [0.25, 0.3) is 5.91 Å². The van der Waals surface area contributed by atoms with Gasteiger partial charge in [-0.15, -0.1) is 0 Å². The summed E-state index contributed by atoms with van der Waals surface area (Å²) in [4.78, 5) is 16.4. The molecule has 0 saturated carbocycles. The van der Waals surface area contributed by atoms with Crippen molar-refractivity contribution in [2.75, 3.05) is 7.11 Å². The van der Waals surface area contributed by atoms with Crippen LogP contribution in [-0.2, 0) is 13.0 Å². The van der Waals surface area contributed by atoms with Crippen LogP contribution in [0.5, 0.6) is 5.75 Å². The van der Waals surface area contributed by atoms with E-state index in [0.717, 1.165) is 40.2 Å². The first-order chi connectivity index (χ1) is 12.6. The number of nitrogens with two attached hydrogens (primary N) is 1. The van der Waals surface area contributed by atoms with Crippen LogP contribution < -0.4 is 10.5 Å². The highest BCUT2D eigenvalue weighted by molar-refractivity contribution is 6.02. The zero-order valence-corrected chi connectivity index (χ0v) is 15.3. The SMILES string of the molecule is CCc1c(-c2cccnc2)c(C(N)=O)c(C)n1Cc1ccccc1OC. The van der Waals surface area contributed by atoms with Crippen LogP contribution in [0.1, 0.15) is 34.2 Å². The third kappa shape index (κ3) is 3.08. The zero-order valence-electron chi connectivity index (χ0n) is 15.3. The Morgan fingerprint density at radius 3 is 2.62 bits per heavy atom. The number of hydrogen-bond donors (Lipinski definition) is 1. The van der Waals surface area contributed by atoms with Gasteiger partial charge in [-0.2, -0.15) is 0 Å². The Balaban J connectivity index is 2.22. The number of pyridine rings is 1. The van der Waals surface area contributed by atoms with E-state index in [4.69, 9.17) is 10.5 Å². The predicted molar refractivity (Wildman–Crippen MR) is 102 cm³/mol. The highest BCUT2D eigenvalue weighted by Gasteiger charge is 2.24. The van der Waals surface area contributed by atoms with Crippen LogP contribution in [0.3, 0.4) is 0 Å². The number of para-hydroxylation sites is 1. The van der Waals surface area contributed by atoms with E-state index in [1.807, 2.05) is 43.3 Å². The van der Waals surface area contributed by atoms with E-state index < -0.39 is 5.91 Å². The minimum absolute atomic E-state index is 0.421. The Hall–Kier alpha value is -3.08. The van der Waals surface area contributed by atoms with Gasteiger partial charge in [0.05, 0.1) is 19.2 Å². The molecular formula is C21H23N3O2. The molecule has 0 unspecified atom stereocenters. The summed E-state index contributed by atoms with van der Waals surface area (Å²) in [5.41, 5.74) is 11.1. The Labute approximate surface area is 153 Å². The number of primary amides is 1. The molecule has 5 nitrogen and oxygen atoms in total. The Kier molecular flexibility index (Phi) is 5.07. The van der Waals surface area contributed by atoms with E-state index in [2.05, 4.69) is 16.5 Å². The summed E-state index contributed by atoms with van der Waals surface area (Å²) in [5.74, 6) is 0.404. The number of hydrogen-bond acceptors (Lipinski definition) is 3. The van der Waals surface area contributed by atoms with Crippen molar-refractivity contribution in [1.82, 2.24) is 9.55 Å². The second kappa shape index (κ2) is 7.44. The summed E-state index contributed by atoms with van der Waals surface area (Å²) < 4.78 is 7.64. The lowest BCUT2D eigenvalue weighted by Crippen LogP contribution is -2.13. The maximum Gasteiger partial charge on any atom is 0.251 e. The molecule has 2 heterocycles. The van der Waals surface area contributed by atoms with Crippen molar-refractivity contribution in [3.63, 3.8) is 0 Å². The fourth-order valence-electron chi connectivity index (χ4n) is 3.51. The van der Waals surface area contributed by atoms with Gasteiger partial charge in [-0.05, 0) is 25.5 Å². The van der Waals surface area contributed by atoms with Crippen LogP contribution in [0.2, 0.25) is 0 Å². The van der Waals surface area contributed by atoms with Gasteiger partial charge in [0.15, 0.2) is 0 Å². The van der Waals surface area contributed by atoms with Crippen molar-refractivity contribution in [1.29, 1.82) is 0 Å². The topological polar surface area (TPSA) is 70.1 Å². The summed E-state index contributed by atoms with van der Waals surface area (Å²) in [7, 11) is 1.66. The second-order valence-electron chi connectivity index (χ2n) is 6.14. The minimum atomic E-state index is -0.421. The quantitative estimate of drug-likeness (QED) is 0.739. The molecule has 0 aliphatic heterocycles. The third-order valence-corrected chi connectivity index (χ3v) is 4.68. The van der Waals surface area contributed by atoms with Crippen LogP contribution in [-0.4, -0.2) is 22.6 Å². The fraction of sp³-hybridized carbons (Fsp3) is 0.238. The smallest absolute Gasteiger partial charge is 0.251 e. The van der Waals surface area contributed by atoms with E-state index in [-0.39, 0.29) is 0 Å². The maximum atomic E-state index is 12.2. The highest BCUT2D eigenvalue weighted by atomic mass is 16.5. The van der Waals surface area contributed by atoms with Crippen LogP contribution in [0.15, 0.2) is 48.8 Å². The first kappa shape index (κ1) is 17.7. The first-order valence-corrected chi connectivity index (χ1v) is 8.62. The number of nitrogens with zero attached hydrogens (tertiary/aromatic N) is 2. The molecule has 134 valence electrons. The minimum Gasteiger partial charge on any atom is -0.496 e. The summed E-state index contributed by atoms with van der Waals surface area (Å²) >= 11 is 0. The monoisotopic (exact) mass is 349 g/mol. The highest BCUT2D eigenvalue weighted by Crippen LogP contribution is 2.34. The number of carbonyl (C=O) groups is 1. The van der Waals surface area contributed by atoms with Crippen molar-refractivity contribution in [2.45, 2.75) is 26.8 Å². The van der Waals surface area contributed by atoms with Gasteiger partial charge in [0.1, 0.15) is 5.75 Å². The van der Waals surface area contributed by atoms with E-state index in [1.54, 1.807) is 19.5 Å². The molecule has 5 heteroatoms. The molecular weight excluding hydrogens is 326 g/mol. The molecule has 3 aromatic rings. The second-order valence-corrected chi connectivity index (χ2v) is 6.14. The average molecular weight is 349 g/mol. The van der Waals surface area contributed by atoms with Crippen molar-refractivity contribution in [3.05, 3.63) is 71.3 Å². The van der Waals surface area contributed by atoms with Crippen LogP contribution >= 0.6 is 0 Å². The number of aromatic nitrogens is 2.